The predicted molar refractivity (Wildman–Crippen MR) is 122 cm³/mol. The molecule has 6 nitrogen and oxygen atoms in total. The first-order valence-corrected chi connectivity index (χ1v) is 10.9. The third-order valence-electron chi connectivity index (χ3n) is 5.13. The van der Waals surface area contributed by atoms with Gasteiger partial charge in [0.2, 0.25) is 0 Å². The molecule has 0 unspecified atom stereocenters. The van der Waals surface area contributed by atoms with Gasteiger partial charge in [0, 0.05) is 11.6 Å². The SMILES string of the molecule is CC(C)N1C(=O)S/C(=C\c2c(OCc3ccc(C(=O)[O-])cc3)ccc3ccccc23)C1=O. The molecule has 3 aromatic rings. The molecule has 32 heavy (non-hydrogen) atoms. The Hall–Kier alpha value is -3.58. The number of ether oxygens (including phenoxy) is 1. The highest BCUT2D eigenvalue weighted by Crippen LogP contribution is 2.37. The van der Waals surface area contributed by atoms with Crippen LogP contribution in [0.5, 0.6) is 5.75 Å². The van der Waals surface area contributed by atoms with Gasteiger partial charge in [0.15, 0.2) is 0 Å². The minimum Gasteiger partial charge on any atom is -0.545 e. The number of thioether (sulfide) groups is 1. The van der Waals surface area contributed by atoms with Gasteiger partial charge in [-0.25, -0.2) is 0 Å². The van der Waals surface area contributed by atoms with Crippen LogP contribution in [0.3, 0.4) is 0 Å². The first-order chi connectivity index (χ1) is 15.3. The maximum Gasteiger partial charge on any atom is 0.293 e. The van der Waals surface area contributed by atoms with Crippen molar-refractivity contribution in [1.29, 1.82) is 0 Å². The van der Waals surface area contributed by atoms with E-state index in [0.717, 1.165) is 28.1 Å². The zero-order valence-electron chi connectivity index (χ0n) is 17.5. The summed E-state index contributed by atoms with van der Waals surface area (Å²) in [5.41, 5.74) is 1.60. The zero-order valence-corrected chi connectivity index (χ0v) is 18.3. The summed E-state index contributed by atoms with van der Waals surface area (Å²) in [5, 5.41) is 12.5. The highest BCUT2D eigenvalue weighted by molar-refractivity contribution is 8.18. The molecular formula is C25H20NO5S-. The van der Waals surface area contributed by atoms with Crippen LogP contribution >= 0.6 is 11.8 Å². The number of hydrogen-bond donors (Lipinski definition) is 0. The fourth-order valence-electron chi connectivity index (χ4n) is 3.50. The molecule has 0 spiro atoms. The van der Waals surface area contributed by atoms with E-state index in [-0.39, 0.29) is 29.4 Å². The van der Waals surface area contributed by atoms with Crippen LogP contribution in [-0.2, 0) is 11.4 Å². The van der Waals surface area contributed by atoms with E-state index in [2.05, 4.69) is 0 Å². The van der Waals surface area contributed by atoms with Crippen LogP contribution in [0.1, 0.15) is 35.3 Å². The molecule has 0 atom stereocenters. The molecule has 3 aromatic carbocycles. The number of hydrogen-bond acceptors (Lipinski definition) is 6. The average molecular weight is 447 g/mol. The number of fused-ring (bicyclic) bond motifs is 1. The molecule has 0 bridgehead atoms. The number of imide groups is 1. The Morgan fingerprint density at radius 3 is 2.44 bits per heavy atom. The van der Waals surface area contributed by atoms with Crippen molar-refractivity contribution in [3.05, 3.63) is 82.3 Å². The van der Waals surface area contributed by atoms with Crippen molar-refractivity contribution < 1.29 is 24.2 Å². The number of carboxylic acid groups (broad SMARTS) is 1. The largest absolute Gasteiger partial charge is 0.545 e. The summed E-state index contributed by atoms with van der Waals surface area (Å²) in [7, 11) is 0. The number of aromatic carboxylic acids is 1. The number of carbonyl (C=O) groups is 3. The first-order valence-electron chi connectivity index (χ1n) is 10.1. The normalized spacial score (nSPS) is 15.2. The van der Waals surface area contributed by atoms with E-state index in [1.807, 2.05) is 36.4 Å². The lowest BCUT2D eigenvalue weighted by atomic mass is 10.0. The summed E-state index contributed by atoms with van der Waals surface area (Å²) in [6.45, 7) is 3.81. The predicted octanol–water partition coefficient (Wildman–Crippen LogP) is 4.23. The van der Waals surface area contributed by atoms with Gasteiger partial charge in [-0.2, -0.15) is 0 Å². The molecular weight excluding hydrogens is 426 g/mol. The Labute approximate surface area is 189 Å². The van der Waals surface area contributed by atoms with E-state index in [9.17, 15) is 19.5 Å². The maximum absolute atomic E-state index is 12.8. The molecule has 1 aliphatic heterocycles. The average Bonchev–Trinajstić information content (AvgIpc) is 3.06. The van der Waals surface area contributed by atoms with E-state index >= 15 is 0 Å². The van der Waals surface area contributed by atoms with Crippen LogP contribution in [0.2, 0.25) is 0 Å². The summed E-state index contributed by atoms with van der Waals surface area (Å²) in [6, 6.07) is 17.6. The Morgan fingerprint density at radius 1 is 1.06 bits per heavy atom. The van der Waals surface area contributed by atoms with E-state index in [4.69, 9.17) is 4.74 Å². The van der Waals surface area contributed by atoms with Crippen LogP contribution in [0.15, 0.2) is 65.6 Å². The van der Waals surface area contributed by atoms with Crippen molar-refractivity contribution in [2.45, 2.75) is 26.5 Å². The van der Waals surface area contributed by atoms with Crippen molar-refractivity contribution >= 4 is 45.7 Å². The van der Waals surface area contributed by atoms with Crippen molar-refractivity contribution in [3.8, 4) is 5.75 Å². The van der Waals surface area contributed by atoms with Crippen LogP contribution in [0, 0.1) is 0 Å². The van der Waals surface area contributed by atoms with Gasteiger partial charge in [-0.15, -0.1) is 0 Å². The molecule has 1 fully saturated rings. The Morgan fingerprint density at radius 2 is 1.78 bits per heavy atom. The van der Waals surface area contributed by atoms with E-state index < -0.39 is 5.97 Å². The van der Waals surface area contributed by atoms with Crippen LogP contribution < -0.4 is 9.84 Å². The summed E-state index contributed by atoms with van der Waals surface area (Å²) in [5.74, 6) is -0.986. The molecule has 0 N–H and O–H groups in total. The number of carbonyl (C=O) groups excluding carboxylic acids is 3. The van der Waals surface area contributed by atoms with E-state index in [0.29, 0.717) is 16.2 Å². The van der Waals surface area contributed by atoms with Crippen LogP contribution in [0.4, 0.5) is 4.79 Å². The van der Waals surface area contributed by atoms with Gasteiger partial charge in [0.1, 0.15) is 12.4 Å². The number of rotatable bonds is 6. The fourth-order valence-corrected chi connectivity index (χ4v) is 4.45. The second kappa shape index (κ2) is 8.88. The lowest BCUT2D eigenvalue weighted by Gasteiger charge is -2.16. The van der Waals surface area contributed by atoms with Crippen molar-refractivity contribution in [2.24, 2.45) is 0 Å². The molecule has 2 amide bonds. The number of amides is 2. The molecule has 162 valence electrons. The van der Waals surface area contributed by atoms with Gasteiger partial charge in [0.05, 0.1) is 10.9 Å². The third kappa shape index (κ3) is 4.24. The van der Waals surface area contributed by atoms with Gasteiger partial charge < -0.3 is 14.6 Å². The molecule has 1 heterocycles. The maximum atomic E-state index is 12.8. The molecule has 4 rings (SSSR count). The van der Waals surface area contributed by atoms with Crippen molar-refractivity contribution in [3.63, 3.8) is 0 Å². The van der Waals surface area contributed by atoms with Gasteiger partial charge in [-0.05, 0) is 59.7 Å². The number of carboxylic acids is 1. The zero-order chi connectivity index (χ0) is 22.8. The smallest absolute Gasteiger partial charge is 0.293 e. The fraction of sp³-hybridized carbons (Fsp3) is 0.160. The molecule has 7 heteroatoms. The minimum atomic E-state index is -1.23. The van der Waals surface area contributed by atoms with Crippen LogP contribution in [-0.4, -0.2) is 28.1 Å². The van der Waals surface area contributed by atoms with Crippen LogP contribution in [0.25, 0.3) is 16.8 Å². The quantitative estimate of drug-likeness (QED) is 0.527. The second-order valence-electron chi connectivity index (χ2n) is 7.62. The minimum absolute atomic E-state index is 0.0982. The molecule has 0 aromatic heterocycles. The monoisotopic (exact) mass is 446 g/mol. The molecule has 1 saturated heterocycles. The Balaban J connectivity index is 1.69. The molecule has 0 radical (unpaired) electrons. The summed E-state index contributed by atoms with van der Waals surface area (Å²) >= 11 is 0.922. The topological polar surface area (TPSA) is 86.7 Å². The third-order valence-corrected chi connectivity index (χ3v) is 6.01. The lowest BCUT2D eigenvalue weighted by Crippen LogP contribution is -2.34. The van der Waals surface area contributed by atoms with Gasteiger partial charge in [-0.3, -0.25) is 14.5 Å². The summed E-state index contributed by atoms with van der Waals surface area (Å²) < 4.78 is 6.05. The van der Waals surface area contributed by atoms with Gasteiger partial charge in [0.25, 0.3) is 11.1 Å². The van der Waals surface area contributed by atoms with Gasteiger partial charge in [-0.1, -0.05) is 54.6 Å². The highest BCUT2D eigenvalue weighted by atomic mass is 32.2. The number of nitrogens with zero attached hydrogens (tertiary/aromatic N) is 1. The lowest BCUT2D eigenvalue weighted by molar-refractivity contribution is -0.255. The summed E-state index contributed by atoms with van der Waals surface area (Å²) in [6.07, 6.45) is 1.71. The molecule has 0 saturated carbocycles. The Bertz CT molecular complexity index is 1250. The van der Waals surface area contributed by atoms with Crippen molar-refractivity contribution in [2.75, 3.05) is 0 Å². The molecule has 0 aliphatic carbocycles. The number of benzene rings is 3. The van der Waals surface area contributed by atoms with E-state index in [1.54, 1.807) is 32.1 Å². The molecule has 1 aliphatic rings. The highest BCUT2D eigenvalue weighted by Gasteiger charge is 2.36. The van der Waals surface area contributed by atoms with E-state index in [1.165, 1.54) is 17.0 Å². The standard InChI is InChI=1S/C25H21NO5S/c1-15(2)26-23(27)22(32-25(26)30)13-20-19-6-4-3-5-17(19)11-12-21(20)31-14-16-7-9-18(10-8-16)24(28)29/h3-13,15H,14H2,1-2H3,(H,28,29)/p-1/b22-13-. The summed E-state index contributed by atoms with van der Waals surface area (Å²) in [4.78, 5) is 37.6. The second-order valence-corrected chi connectivity index (χ2v) is 8.61. The van der Waals surface area contributed by atoms with Gasteiger partial charge >= 0.3 is 0 Å². The van der Waals surface area contributed by atoms with Crippen molar-refractivity contribution in [1.82, 2.24) is 4.90 Å². The Kier molecular flexibility index (Phi) is 6.01. The first kappa shape index (κ1) is 21.6.